The number of ketones is 1. The van der Waals surface area contributed by atoms with Gasteiger partial charge in [-0.2, -0.15) is 0 Å². The van der Waals surface area contributed by atoms with Gasteiger partial charge in [0, 0.05) is 31.6 Å². The smallest absolute Gasteiger partial charge is 0.140 e. The van der Waals surface area contributed by atoms with Crippen LogP contribution in [-0.2, 0) is 9.53 Å². The number of methoxy groups -OCH3 is 1. The number of carbonyl (C=O) groups excluding carboxylic acids is 1. The largest absolute Gasteiger partial charge is 0.493 e. The molecule has 0 amide bonds. The molecule has 1 aromatic carbocycles. The third-order valence-electron chi connectivity index (χ3n) is 3.12. The average Bonchev–Trinajstić information content (AvgIpc) is 2.38. The molecule has 0 radical (unpaired) electrons. The number of hydrogen-bond donors (Lipinski definition) is 0. The highest BCUT2D eigenvalue weighted by molar-refractivity contribution is 5.86. The van der Waals surface area contributed by atoms with Gasteiger partial charge in [-0.15, -0.1) is 0 Å². The van der Waals surface area contributed by atoms with Gasteiger partial charge in [0.25, 0.3) is 0 Å². The summed E-state index contributed by atoms with van der Waals surface area (Å²) in [7, 11) is 1.66. The van der Waals surface area contributed by atoms with Gasteiger partial charge in [0.15, 0.2) is 0 Å². The summed E-state index contributed by atoms with van der Waals surface area (Å²) in [4.78, 5) is 12.1. The fourth-order valence-corrected chi connectivity index (χ4v) is 2.24. The van der Waals surface area contributed by atoms with Crippen LogP contribution in [0.25, 0.3) is 0 Å². The van der Waals surface area contributed by atoms with E-state index in [1.165, 1.54) is 0 Å². The first-order valence-corrected chi connectivity index (χ1v) is 6.06. The Labute approximate surface area is 102 Å². The van der Waals surface area contributed by atoms with E-state index in [2.05, 4.69) is 0 Å². The van der Waals surface area contributed by atoms with Gasteiger partial charge in [-0.05, 0) is 18.9 Å². The van der Waals surface area contributed by atoms with Gasteiger partial charge >= 0.3 is 0 Å². The minimum Gasteiger partial charge on any atom is -0.493 e. The third-order valence-corrected chi connectivity index (χ3v) is 3.12. The molecule has 17 heavy (non-hydrogen) atoms. The zero-order valence-corrected chi connectivity index (χ0v) is 10.1. The van der Waals surface area contributed by atoms with Gasteiger partial charge in [-0.25, -0.2) is 0 Å². The van der Waals surface area contributed by atoms with Crippen molar-refractivity contribution in [2.75, 3.05) is 20.3 Å². The summed E-state index contributed by atoms with van der Waals surface area (Å²) in [6.07, 6.45) is 2.19. The van der Waals surface area contributed by atoms with Crippen molar-refractivity contribution in [1.82, 2.24) is 0 Å². The van der Waals surface area contributed by atoms with Gasteiger partial charge in [-0.3, -0.25) is 4.79 Å². The Morgan fingerprint density at radius 3 is 3.12 bits per heavy atom. The zero-order valence-electron chi connectivity index (χ0n) is 10.1. The molecule has 0 saturated carbocycles. The minimum atomic E-state index is 0.0109. The lowest BCUT2D eigenvalue weighted by Gasteiger charge is -2.24. The van der Waals surface area contributed by atoms with Crippen LogP contribution in [0.1, 0.15) is 30.7 Å². The van der Waals surface area contributed by atoms with Gasteiger partial charge < -0.3 is 9.47 Å². The van der Waals surface area contributed by atoms with Crippen LogP contribution in [0.3, 0.4) is 0 Å². The predicted octanol–water partition coefficient (Wildman–Crippen LogP) is 2.55. The Morgan fingerprint density at radius 2 is 2.29 bits per heavy atom. The molecule has 0 aliphatic carbocycles. The summed E-state index contributed by atoms with van der Waals surface area (Å²) >= 11 is 0. The van der Waals surface area contributed by atoms with Crippen molar-refractivity contribution in [3.8, 4) is 5.75 Å². The van der Waals surface area contributed by atoms with Gasteiger partial charge in [0.2, 0.25) is 0 Å². The maximum Gasteiger partial charge on any atom is 0.140 e. The first kappa shape index (κ1) is 12.1. The molecule has 1 atom stereocenters. The second kappa shape index (κ2) is 5.82. The standard InChI is InChI=1S/C14H18O3/c1-16-9-4-6-13(15)11-8-10-17-14-7-3-2-5-12(11)14/h2-3,5,7,11H,4,6,8-10H2,1H3. The van der Waals surface area contributed by atoms with E-state index in [0.717, 1.165) is 24.2 Å². The monoisotopic (exact) mass is 234 g/mol. The molecule has 0 spiro atoms. The highest BCUT2D eigenvalue weighted by Gasteiger charge is 2.26. The van der Waals surface area contributed by atoms with Crippen LogP contribution in [0, 0.1) is 0 Å². The van der Waals surface area contributed by atoms with Crippen molar-refractivity contribution >= 4 is 5.78 Å². The molecule has 1 unspecified atom stereocenters. The molecule has 1 aliphatic heterocycles. The molecule has 0 fully saturated rings. The first-order chi connectivity index (χ1) is 8.33. The van der Waals surface area contributed by atoms with Crippen LogP contribution >= 0.6 is 0 Å². The highest BCUT2D eigenvalue weighted by Crippen LogP contribution is 2.34. The number of para-hydroxylation sites is 1. The number of fused-ring (bicyclic) bond motifs is 1. The maximum atomic E-state index is 12.1. The number of hydrogen-bond acceptors (Lipinski definition) is 3. The van der Waals surface area contributed by atoms with Crippen LogP contribution in [0.2, 0.25) is 0 Å². The minimum absolute atomic E-state index is 0.0109. The predicted molar refractivity (Wildman–Crippen MR) is 65.4 cm³/mol. The molecule has 2 rings (SSSR count). The lowest BCUT2D eigenvalue weighted by molar-refractivity contribution is -0.121. The van der Waals surface area contributed by atoms with Crippen LogP contribution in [-0.4, -0.2) is 26.1 Å². The number of ether oxygens (including phenoxy) is 2. The third kappa shape index (κ3) is 2.86. The summed E-state index contributed by atoms with van der Waals surface area (Å²) in [5.41, 5.74) is 1.04. The van der Waals surface area contributed by atoms with E-state index < -0.39 is 0 Å². The number of rotatable bonds is 5. The molecule has 92 valence electrons. The van der Waals surface area contributed by atoms with Crippen molar-refractivity contribution in [2.45, 2.75) is 25.2 Å². The normalized spacial score (nSPS) is 18.3. The molecular weight excluding hydrogens is 216 g/mol. The second-order valence-corrected chi connectivity index (χ2v) is 4.29. The van der Waals surface area contributed by atoms with E-state index >= 15 is 0 Å². The van der Waals surface area contributed by atoms with Crippen molar-refractivity contribution in [3.05, 3.63) is 29.8 Å². The molecule has 3 heteroatoms. The van der Waals surface area contributed by atoms with E-state index in [-0.39, 0.29) is 5.92 Å². The Bertz CT molecular complexity index is 387. The fraction of sp³-hybridized carbons (Fsp3) is 0.500. The fourth-order valence-electron chi connectivity index (χ4n) is 2.24. The molecule has 1 aliphatic rings. The molecular formula is C14H18O3. The average molecular weight is 234 g/mol. The summed E-state index contributed by atoms with van der Waals surface area (Å²) in [6.45, 7) is 1.29. The molecule has 0 aromatic heterocycles. The summed E-state index contributed by atoms with van der Waals surface area (Å²) in [5.74, 6) is 1.18. The summed E-state index contributed by atoms with van der Waals surface area (Å²) in [6, 6.07) is 7.83. The van der Waals surface area contributed by atoms with Gasteiger partial charge in [0.1, 0.15) is 11.5 Å². The van der Waals surface area contributed by atoms with Crippen LogP contribution in [0.5, 0.6) is 5.75 Å². The summed E-state index contributed by atoms with van der Waals surface area (Å²) < 4.78 is 10.5. The zero-order chi connectivity index (χ0) is 12.1. The molecule has 1 aromatic rings. The van der Waals surface area contributed by atoms with E-state index in [4.69, 9.17) is 9.47 Å². The number of benzene rings is 1. The quantitative estimate of drug-likeness (QED) is 0.734. The molecule has 1 heterocycles. The lowest BCUT2D eigenvalue weighted by Crippen LogP contribution is -2.21. The highest BCUT2D eigenvalue weighted by atomic mass is 16.5. The second-order valence-electron chi connectivity index (χ2n) is 4.29. The van der Waals surface area contributed by atoms with Crippen LogP contribution in [0.15, 0.2) is 24.3 Å². The molecule has 0 N–H and O–H groups in total. The van der Waals surface area contributed by atoms with E-state index in [1.807, 2.05) is 24.3 Å². The Hall–Kier alpha value is -1.35. The lowest BCUT2D eigenvalue weighted by atomic mass is 9.87. The van der Waals surface area contributed by atoms with Gasteiger partial charge in [-0.1, -0.05) is 18.2 Å². The van der Waals surface area contributed by atoms with Crippen molar-refractivity contribution in [1.29, 1.82) is 0 Å². The van der Waals surface area contributed by atoms with Gasteiger partial charge in [0.05, 0.1) is 6.61 Å². The number of Topliss-reactive ketones (excluding diaryl/α,β-unsaturated/α-hetero) is 1. The van der Waals surface area contributed by atoms with E-state index in [0.29, 0.717) is 25.4 Å². The molecule has 0 bridgehead atoms. The van der Waals surface area contributed by atoms with E-state index in [1.54, 1.807) is 7.11 Å². The first-order valence-electron chi connectivity index (χ1n) is 6.06. The Kier molecular flexibility index (Phi) is 4.15. The van der Waals surface area contributed by atoms with Crippen molar-refractivity contribution in [3.63, 3.8) is 0 Å². The summed E-state index contributed by atoms with van der Waals surface area (Å²) in [5, 5.41) is 0. The van der Waals surface area contributed by atoms with Crippen LogP contribution in [0.4, 0.5) is 0 Å². The topological polar surface area (TPSA) is 35.5 Å². The Balaban J connectivity index is 2.05. The van der Waals surface area contributed by atoms with E-state index in [9.17, 15) is 4.79 Å². The maximum absolute atomic E-state index is 12.1. The SMILES string of the molecule is COCCCC(=O)C1CCOc2ccccc21. The van der Waals surface area contributed by atoms with Crippen molar-refractivity contribution < 1.29 is 14.3 Å². The number of carbonyl (C=O) groups is 1. The molecule has 0 saturated heterocycles. The van der Waals surface area contributed by atoms with Crippen LogP contribution < -0.4 is 4.74 Å². The molecule has 3 nitrogen and oxygen atoms in total. The van der Waals surface area contributed by atoms with Crippen molar-refractivity contribution in [2.24, 2.45) is 0 Å². The Morgan fingerprint density at radius 1 is 1.47 bits per heavy atom.